The van der Waals surface area contributed by atoms with Gasteiger partial charge in [0, 0.05) is 11.9 Å². The number of hydrogen-bond donors (Lipinski definition) is 0. The van der Waals surface area contributed by atoms with Crippen molar-refractivity contribution < 1.29 is 9.53 Å². The molecular weight excluding hydrogens is 278 g/mol. The van der Waals surface area contributed by atoms with Crippen molar-refractivity contribution >= 4 is 16.8 Å². The number of hydrogen-bond acceptors (Lipinski definition) is 3. The van der Waals surface area contributed by atoms with Gasteiger partial charge in [0.2, 0.25) is 0 Å². The molecule has 20 heavy (non-hydrogen) atoms. The summed E-state index contributed by atoms with van der Waals surface area (Å²) < 4.78 is 6.64. The highest BCUT2D eigenvalue weighted by Gasteiger charge is 2.17. The second-order valence-electron chi connectivity index (χ2n) is 4.27. The molecule has 0 amide bonds. The monoisotopic (exact) mass is 291 g/mol. The van der Waals surface area contributed by atoms with Gasteiger partial charge in [-0.2, -0.15) is 0 Å². The number of halogens is 1. The molecule has 0 saturated carbocycles. The largest absolute Gasteiger partial charge is 0.493 e. The van der Waals surface area contributed by atoms with Crippen molar-refractivity contribution in [1.82, 2.24) is 4.57 Å². The molecule has 0 radical (unpaired) electrons. The van der Waals surface area contributed by atoms with Gasteiger partial charge in [-0.3, -0.25) is 14.2 Å². The summed E-state index contributed by atoms with van der Waals surface area (Å²) in [5, 5.41) is -0.820. The lowest BCUT2D eigenvalue weighted by atomic mass is 10.2. The molecular formula is C15H14ClNO3. The van der Waals surface area contributed by atoms with E-state index in [9.17, 15) is 9.59 Å². The molecule has 0 fully saturated rings. The molecule has 0 aliphatic rings. The number of ether oxygens (including phenoxy) is 1. The summed E-state index contributed by atoms with van der Waals surface area (Å²) in [5.41, 5.74) is 1.13. The van der Waals surface area contributed by atoms with E-state index in [0.717, 1.165) is 5.56 Å². The van der Waals surface area contributed by atoms with Crippen LogP contribution in [0.2, 0.25) is 0 Å². The highest BCUT2D eigenvalue weighted by atomic mass is 35.5. The number of nitrogens with zero attached hydrogens (tertiary/aromatic N) is 1. The average Bonchev–Trinajstić information content (AvgIpc) is 2.40. The molecule has 4 nitrogen and oxygen atoms in total. The minimum absolute atomic E-state index is 0.142. The second-order valence-corrected chi connectivity index (χ2v) is 4.62. The van der Waals surface area contributed by atoms with Gasteiger partial charge in [-0.25, -0.2) is 0 Å². The van der Waals surface area contributed by atoms with Crippen LogP contribution in [0.4, 0.5) is 0 Å². The molecule has 1 heterocycles. The Morgan fingerprint density at radius 3 is 2.45 bits per heavy atom. The number of carbonyl (C=O) groups excluding carboxylic acids is 1. The van der Waals surface area contributed by atoms with Gasteiger partial charge in [-0.15, -0.1) is 0 Å². The topological polar surface area (TPSA) is 48.3 Å². The average molecular weight is 292 g/mol. The van der Waals surface area contributed by atoms with Crippen molar-refractivity contribution in [1.29, 1.82) is 0 Å². The molecule has 2 aromatic rings. The van der Waals surface area contributed by atoms with E-state index in [1.165, 1.54) is 4.57 Å². The van der Waals surface area contributed by atoms with Crippen molar-refractivity contribution in [2.45, 2.75) is 13.8 Å². The van der Waals surface area contributed by atoms with Crippen LogP contribution in [0.1, 0.15) is 22.8 Å². The number of pyridine rings is 1. The summed E-state index contributed by atoms with van der Waals surface area (Å²) in [6.07, 6.45) is 1.57. The van der Waals surface area contributed by atoms with E-state index in [1.54, 1.807) is 31.3 Å². The fourth-order valence-corrected chi connectivity index (χ4v) is 2.06. The van der Waals surface area contributed by atoms with Crippen LogP contribution in [0.25, 0.3) is 5.69 Å². The van der Waals surface area contributed by atoms with Gasteiger partial charge >= 0.3 is 0 Å². The summed E-state index contributed by atoms with van der Waals surface area (Å²) in [6, 6.07) is 8.96. The van der Waals surface area contributed by atoms with Crippen molar-refractivity contribution in [3.8, 4) is 11.4 Å². The van der Waals surface area contributed by atoms with Crippen LogP contribution in [0.5, 0.6) is 5.75 Å². The predicted octanol–water partition coefficient (Wildman–Crippen LogP) is 2.92. The van der Waals surface area contributed by atoms with Gasteiger partial charge in [0.15, 0.2) is 0 Å². The van der Waals surface area contributed by atoms with Crippen molar-refractivity contribution in [2.75, 3.05) is 6.61 Å². The quantitative estimate of drug-likeness (QED) is 0.814. The van der Waals surface area contributed by atoms with E-state index in [1.807, 2.05) is 19.1 Å². The molecule has 0 saturated heterocycles. The van der Waals surface area contributed by atoms with Crippen LogP contribution in [0.3, 0.4) is 0 Å². The molecule has 1 aromatic heterocycles. The van der Waals surface area contributed by atoms with Crippen LogP contribution in [-0.4, -0.2) is 16.4 Å². The maximum Gasteiger partial charge on any atom is 0.271 e. The highest BCUT2D eigenvalue weighted by molar-refractivity contribution is 6.68. The third-order valence-electron chi connectivity index (χ3n) is 2.86. The molecule has 1 aromatic carbocycles. The number of benzene rings is 1. The standard InChI is InChI=1S/C15H14ClNO3/c1-3-20-12-8-9-17(15(19)13(12)14(16)18)11-6-4-10(2)5-7-11/h4-9H,3H2,1-2H3. The van der Waals surface area contributed by atoms with E-state index in [2.05, 4.69) is 0 Å². The van der Waals surface area contributed by atoms with Crippen LogP contribution < -0.4 is 10.3 Å². The van der Waals surface area contributed by atoms with Crippen molar-refractivity contribution in [3.63, 3.8) is 0 Å². The van der Waals surface area contributed by atoms with Crippen LogP contribution in [0.15, 0.2) is 41.3 Å². The maximum absolute atomic E-state index is 12.4. The first-order valence-electron chi connectivity index (χ1n) is 6.20. The molecule has 0 aliphatic carbocycles. The molecule has 0 bridgehead atoms. The second kappa shape index (κ2) is 5.92. The lowest BCUT2D eigenvalue weighted by molar-refractivity contribution is 0.107. The number of carbonyl (C=O) groups is 1. The Morgan fingerprint density at radius 1 is 1.25 bits per heavy atom. The van der Waals surface area contributed by atoms with Crippen molar-refractivity contribution in [2.24, 2.45) is 0 Å². The van der Waals surface area contributed by atoms with Gasteiger partial charge in [0.05, 0.1) is 6.61 Å². The van der Waals surface area contributed by atoms with Crippen LogP contribution in [-0.2, 0) is 0 Å². The highest BCUT2D eigenvalue weighted by Crippen LogP contribution is 2.18. The smallest absolute Gasteiger partial charge is 0.271 e. The molecule has 5 heteroatoms. The summed E-state index contributed by atoms with van der Waals surface area (Å²) in [6.45, 7) is 4.08. The lowest BCUT2D eigenvalue weighted by Crippen LogP contribution is -2.24. The van der Waals surface area contributed by atoms with E-state index < -0.39 is 10.8 Å². The lowest BCUT2D eigenvalue weighted by Gasteiger charge is -2.11. The van der Waals surface area contributed by atoms with E-state index in [-0.39, 0.29) is 11.3 Å². The van der Waals surface area contributed by atoms with E-state index in [4.69, 9.17) is 16.3 Å². The Bertz CT molecular complexity index is 689. The van der Waals surface area contributed by atoms with Gasteiger partial charge in [0.1, 0.15) is 11.3 Å². The Hall–Kier alpha value is -2.07. The Kier molecular flexibility index (Phi) is 4.25. The molecule has 2 rings (SSSR count). The van der Waals surface area contributed by atoms with Gasteiger partial charge in [0.25, 0.3) is 10.8 Å². The number of aryl methyl sites for hydroxylation is 1. The Morgan fingerprint density at radius 2 is 1.90 bits per heavy atom. The summed E-state index contributed by atoms with van der Waals surface area (Å²) in [5.74, 6) is 0.209. The first kappa shape index (κ1) is 14.3. The zero-order valence-corrected chi connectivity index (χ0v) is 12.0. The van der Waals surface area contributed by atoms with Gasteiger partial charge in [-0.1, -0.05) is 17.7 Å². The van der Waals surface area contributed by atoms with E-state index >= 15 is 0 Å². The zero-order chi connectivity index (χ0) is 14.7. The summed E-state index contributed by atoms with van der Waals surface area (Å²) >= 11 is 5.50. The minimum atomic E-state index is -0.820. The molecule has 0 unspecified atom stereocenters. The molecule has 104 valence electrons. The normalized spacial score (nSPS) is 10.3. The fraction of sp³-hybridized carbons (Fsp3) is 0.200. The maximum atomic E-state index is 12.4. The van der Waals surface area contributed by atoms with Crippen LogP contribution >= 0.6 is 11.6 Å². The predicted molar refractivity (Wildman–Crippen MR) is 78.1 cm³/mol. The molecule has 0 N–H and O–H groups in total. The summed E-state index contributed by atoms with van der Waals surface area (Å²) in [7, 11) is 0. The number of rotatable bonds is 4. The molecule has 0 aliphatic heterocycles. The van der Waals surface area contributed by atoms with Crippen molar-refractivity contribution in [3.05, 3.63) is 58.0 Å². The van der Waals surface area contributed by atoms with Gasteiger partial charge in [-0.05, 0) is 43.6 Å². The minimum Gasteiger partial charge on any atom is -0.493 e. The third kappa shape index (κ3) is 2.75. The number of aromatic nitrogens is 1. The Balaban J connectivity index is 2.62. The van der Waals surface area contributed by atoms with Crippen LogP contribution in [0, 0.1) is 6.92 Å². The van der Waals surface area contributed by atoms with Gasteiger partial charge < -0.3 is 4.74 Å². The zero-order valence-electron chi connectivity index (χ0n) is 11.2. The summed E-state index contributed by atoms with van der Waals surface area (Å²) in [4.78, 5) is 23.8. The first-order chi connectivity index (χ1) is 9.54. The molecule has 0 atom stereocenters. The molecule has 0 spiro atoms. The third-order valence-corrected chi connectivity index (χ3v) is 3.05. The fourth-order valence-electron chi connectivity index (χ4n) is 1.88. The first-order valence-corrected chi connectivity index (χ1v) is 6.57. The van der Waals surface area contributed by atoms with E-state index in [0.29, 0.717) is 12.3 Å². The SMILES string of the molecule is CCOc1ccn(-c2ccc(C)cc2)c(=O)c1C(=O)Cl. The Labute approximate surface area is 121 Å².